The third-order valence-corrected chi connectivity index (χ3v) is 12.4. The van der Waals surface area contributed by atoms with Crippen LogP contribution < -0.4 is 10.6 Å². The van der Waals surface area contributed by atoms with Gasteiger partial charge in [-0.3, -0.25) is 19.1 Å². The molecule has 3 aromatic carbocycles. The third kappa shape index (κ3) is 8.51. The van der Waals surface area contributed by atoms with Crippen LogP contribution in [0.4, 0.5) is 0 Å². The highest BCUT2D eigenvalue weighted by Crippen LogP contribution is 2.52. The van der Waals surface area contributed by atoms with Crippen molar-refractivity contribution in [3.05, 3.63) is 120 Å². The molecule has 0 saturated carbocycles. The lowest BCUT2D eigenvalue weighted by Gasteiger charge is -2.40. The van der Waals surface area contributed by atoms with Gasteiger partial charge >= 0.3 is 7.60 Å². The van der Waals surface area contributed by atoms with Crippen molar-refractivity contribution in [1.29, 1.82) is 0 Å². The molecule has 1 aliphatic heterocycles. The summed E-state index contributed by atoms with van der Waals surface area (Å²) in [5.41, 5.74) is 3.45. The van der Waals surface area contributed by atoms with Crippen LogP contribution in [0.25, 0.3) is 10.9 Å². The van der Waals surface area contributed by atoms with Gasteiger partial charge in [0.2, 0.25) is 5.91 Å². The van der Waals surface area contributed by atoms with Gasteiger partial charge in [-0.15, -0.1) is 0 Å². The molecule has 1 atom stereocenters. The average molecular weight is 740 g/mol. The zero-order valence-corrected chi connectivity index (χ0v) is 31.9. The van der Waals surface area contributed by atoms with E-state index in [2.05, 4.69) is 68.7 Å². The molecule has 0 spiro atoms. The molecule has 6 rings (SSSR count). The molecular formula is C40H46N5O5PS. The Morgan fingerprint density at radius 2 is 1.37 bits per heavy atom. The molecule has 0 radical (unpaired) electrons. The summed E-state index contributed by atoms with van der Waals surface area (Å²) in [6.45, 7) is 11.4. The smallest absolute Gasteiger partial charge is 0.350 e. The van der Waals surface area contributed by atoms with Gasteiger partial charge in [-0.05, 0) is 63.9 Å². The number of piperazine rings is 1. The zero-order valence-electron chi connectivity index (χ0n) is 30.2. The number of amides is 2. The largest absolute Gasteiger partial charge is 0.364 e. The van der Waals surface area contributed by atoms with E-state index < -0.39 is 19.5 Å². The number of fused-ring (bicyclic) bond motifs is 1. The third-order valence-electron chi connectivity index (χ3n) is 8.77. The van der Waals surface area contributed by atoms with E-state index in [0.29, 0.717) is 41.4 Å². The number of carbonyl (C=O) groups excluding carboxylic acids is 2. The molecule has 2 N–H and O–H groups in total. The number of H-pyrrole nitrogens is 1. The number of hydrogen-bond acceptors (Lipinski definition) is 8. The zero-order chi connectivity index (χ0) is 36.8. The normalized spacial score (nSPS) is 14.7. The summed E-state index contributed by atoms with van der Waals surface area (Å²) in [7, 11) is -3.78. The van der Waals surface area contributed by atoms with Crippen molar-refractivity contribution in [1.82, 2.24) is 25.1 Å². The van der Waals surface area contributed by atoms with Gasteiger partial charge in [-0.2, -0.15) is 0 Å². The Morgan fingerprint density at radius 3 is 1.96 bits per heavy atom. The number of nitrogens with zero attached hydrogens (tertiary/aromatic N) is 3. The number of rotatable bonds is 13. The van der Waals surface area contributed by atoms with Crippen molar-refractivity contribution >= 4 is 47.4 Å². The summed E-state index contributed by atoms with van der Waals surface area (Å²) in [6.07, 6.45) is 0.874. The van der Waals surface area contributed by atoms with E-state index in [0.717, 1.165) is 10.9 Å². The predicted octanol–water partition coefficient (Wildman–Crippen LogP) is 7.43. The first-order chi connectivity index (χ1) is 25.0. The molecule has 5 aromatic rings. The van der Waals surface area contributed by atoms with E-state index in [4.69, 9.17) is 9.05 Å². The first-order valence-corrected chi connectivity index (χ1v) is 20.0. The van der Waals surface area contributed by atoms with Gasteiger partial charge in [0.25, 0.3) is 5.91 Å². The van der Waals surface area contributed by atoms with Crippen LogP contribution in [-0.2, 0) is 18.4 Å². The van der Waals surface area contributed by atoms with Crippen LogP contribution in [0.5, 0.6) is 0 Å². The van der Waals surface area contributed by atoms with Crippen LogP contribution in [0.15, 0.2) is 113 Å². The maximum atomic E-state index is 14.2. The Labute approximate surface area is 309 Å². The fraction of sp³-hybridized carbons (Fsp3) is 0.325. The fourth-order valence-corrected chi connectivity index (χ4v) is 9.96. The second-order valence-electron chi connectivity index (χ2n) is 13.4. The predicted molar refractivity (Wildman–Crippen MR) is 206 cm³/mol. The Bertz CT molecular complexity index is 1980. The summed E-state index contributed by atoms with van der Waals surface area (Å²) in [6, 6.07) is 31.1. The molecular weight excluding hydrogens is 694 g/mol. The molecule has 12 heteroatoms. The van der Waals surface area contributed by atoms with Crippen LogP contribution in [0.3, 0.4) is 0 Å². The van der Waals surface area contributed by atoms with Crippen LogP contribution in [0.1, 0.15) is 62.3 Å². The number of aromatic amines is 1. The van der Waals surface area contributed by atoms with E-state index in [1.165, 1.54) is 22.9 Å². The Hall–Kier alpha value is -4.25. The number of benzene rings is 3. The lowest BCUT2D eigenvalue weighted by Crippen LogP contribution is -2.54. The molecule has 2 amide bonds. The van der Waals surface area contributed by atoms with Gasteiger partial charge in [-0.1, -0.05) is 90.6 Å². The molecule has 10 nitrogen and oxygen atoms in total. The first-order valence-electron chi connectivity index (χ1n) is 17.7. The molecule has 3 heterocycles. The van der Waals surface area contributed by atoms with E-state index >= 15 is 0 Å². The standard InChI is InChI=1S/C40H46N5O5PS/c1-27(2)49-51(48,50-28(3)4)34-21-14-22-41-39(34)52-37-32-19-12-13-20-33(32)43-35(37)38(46)42-29(5)40(47)45-25-23-44(24-26-45)36(30-15-8-6-9-16-30)31-17-10-7-11-18-31/h6-22,27-29,36,43H,23-26H2,1-5H3,(H,42,46)/t29-/m1/s1. The van der Waals surface area contributed by atoms with Crippen LogP contribution in [0, 0.1) is 0 Å². The monoisotopic (exact) mass is 739 g/mol. The minimum atomic E-state index is -3.78. The topological polar surface area (TPSA) is 117 Å². The van der Waals surface area contributed by atoms with E-state index in [1.807, 2.05) is 41.3 Å². The molecule has 52 heavy (non-hydrogen) atoms. The molecule has 0 unspecified atom stereocenters. The van der Waals surface area contributed by atoms with Crippen molar-refractivity contribution in [3.63, 3.8) is 0 Å². The maximum absolute atomic E-state index is 14.2. The van der Waals surface area contributed by atoms with Gasteiger partial charge in [0.1, 0.15) is 16.8 Å². The Balaban J connectivity index is 1.19. The van der Waals surface area contributed by atoms with Crippen molar-refractivity contribution < 1.29 is 23.2 Å². The van der Waals surface area contributed by atoms with Gasteiger partial charge in [-0.25, -0.2) is 4.98 Å². The lowest BCUT2D eigenvalue weighted by molar-refractivity contribution is -0.134. The number of nitrogens with one attached hydrogen (secondary N) is 2. The SMILES string of the molecule is CC(C)OP(=O)(OC(C)C)c1cccnc1Sc1c(C(=O)N[C@H](C)C(=O)N2CCN(C(c3ccccc3)c3ccccc3)CC2)[nH]c2ccccc12. The molecule has 272 valence electrons. The van der Waals surface area contributed by atoms with Gasteiger partial charge in [0.05, 0.1) is 28.4 Å². The highest BCUT2D eigenvalue weighted by atomic mass is 32.2. The molecule has 1 saturated heterocycles. The summed E-state index contributed by atoms with van der Waals surface area (Å²) >= 11 is 1.21. The van der Waals surface area contributed by atoms with Crippen molar-refractivity contribution in [2.45, 2.75) is 68.8 Å². The fourth-order valence-electron chi connectivity index (χ4n) is 6.53. The molecule has 0 bridgehead atoms. The minimum absolute atomic E-state index is 0.0807. The van der Waals surface area contributed by atoms with Crippen molar-refractivity contribution in [3.8, 4) is 0 Å². The van der Waals surface area contributed by atoms with Gasteiger partial charge < -0.3 is 24.2 Å². The quantitative estimate of drug-likeness (QED) is 0.120. The van der Waals surface area contributed by atoms with E-state index in [-0.39, 0.29) is 29.9 Å². The highest BCUT2D eigenvalue weighted by molar-refractivity contribution is 8.00. The Morgan fingerprint density at radius 1 is 0.788 bits per heavy atom. The van der Waals surface area contributed by atoms with Crippen LogP contribution in [0.2, 0.25) is 0 Å². The first kappa shape index (κ1) is 37.5. The van der Waals surface area contributed by atoms with E-state index in [9.17, 15) is 14.2 Å². The number of pyridine rings is 1. The maximum Gasteiger partial charge on any atom is 0.364 e. The molecule has 2 aromatic heterocycles. The van der Waals surface area contributed by atoms with Gasteiger partial charge in [0.15, 0.2) is 0 Å². The molecule has 0 aliphatic carbocycles. The van der Waals surface area contributed by atoms with Crippen LogP contribution >= 0.6 is 19.4 Å². The average Bonchev–Trinajstić information content (AvgIpc) is 3.50. The molecule has 1 aliphatic rings. The van der Waals surface area contributed by atoms with E-state index in [1.54, 1.807) is 52.9 Å². The van der Waals surface area contributed by atoms with Crippen molar-refractivity contribution in [2.24, 2.45) is 0 Å². The minimum Gasteiger partial charge on any atom is -0.350 e. The Kier molecular flexibility index (Phi) is 12.0. The second-order valence-corrected chi connectivity index (χ2v) is 16.3. The summed E-state index contributed by atoms with van der Waals surface area (Å²) in [4.78, 5) is 40.4. The number of hydrogen-bond donors (Lipinski definition) is 2. The lowest BCUT2D eigenvalue weighted by atomic mass is 9.96. The number of carbonyl (C=O) groups is 2. The summed E-state index contributed by atoms with van der Waals surface area (Å²) in [5, 5.41) is 4.46. The van der Waals surface area contributed by atoms with Gasteiger partial charge in [0, 0.05) is 43.3 Å². The van der Waals surface area contributed by atoms with Crippen LogP contribution in [-0.4, -0.2) is 76.0 Å². The molecule has 1 fully saturated rings. The highest BCUT2D eigenvalue weighted by Gasteiger charge is 2.35. The summed E-state index contributed by atoms with van der Waals surface area (Å²) in [5.74, 6) is -0.567. The number of para-hydroxylation sites is 1. The second kappa shape index (κ2) is 16.6. The summed E-state index contributed by atoms with van der Waals surface area (Å²) < 4.78 is 26.0. The number of aromatic nitrogens is 2. The van der Waals surface area contributed by atoms with Crippen molar-refractivity contribution in [2.75, 3.05) is 26.2 Å².